The molecule has 0 saturated heterocycles. The summed E-state index contributed by atoms with van der Waals surface area (Å²) in [6.07, 6.45) is 4.75. The second-order valence-corrected chi connectivity index (χ2v) is 5.20. The Bertz CT molecular complexity index is 450. The van der Waals surface area contributed by atoms with Crippen LogP contribution in [0.3, 0.4) is 0 Å². The van der Waals surface area contributed by atoms with Gasteiger partial charge < -0.3 is 5.32 Å². The fourth-order valence-corrected chi connectivity index (χ4v) is 2.86. The molecule has 2 aromatic heterocycles. The number of pyridine rings is 1. The van der Waals surface area contributed by atoms with E-state index in [-0.39, 0.29) is 0 Å². The first-order valence-electron chi connectivity index (χ1n) is 5.93. The van der Waals surface area contributed by atoms with Crippen LogP contribution in [0, 0.1) is 6.92 Å². The molecule has 2 heterocycles. The Morgan fingerprint density at radius 2 is 2.06 bits per heavy atom. The van der Waals surface area contributed by atoms with Crippen LogP contribution in [-0.4, -0.2) is 11.5 Å². The molecule has 0 spiro atoms. The monoisotopic (exact) mass is 246 g/mol. The average molecular weight is 246 g/mol. The summed E-state index contributed by atoms with van der Waals surface area (Å²) < 4.78 is 0. The zero-order chi connectivity index (χ0) is 12.1. The van der Waals surface area contributed by atoms with Gasteiger partial charge in [0.05, 0.1) is 0 Å². The highest BCUT2D eigenvalue weighted by Gasteiger charge is 2.08. The van der Waals surface area contributed by atoms with Gasteiger partial charge in [-0.25, -0.2) is 0 Å². The Morgan fingerprint density at radius 3 is 2.71 bits per heavy atom. The number of thiophene rings is 1. The molecule has 2 nitrogen and oxygen atoms in total. The SMILES string of the molecule is Cc1ccsc1C(C)NCCc1ccncc1. The largest absolute Gasteiger partial charge is 0.309 e. The minimum absolute atomic E-state index is 0.442. The van der Waals surface area contributed by atoms with Gasteiger partial charge in [-0.15, -0.1) is 11.3 Å². The predicted octanol–water partition coefficient (Wildman–Crippen LogP) is 3.34. The molecule has 17 heavy (non-hydrogen) atoms. The van der Waals surface area contributed by atoms with Crippen LogP contribution in [0.15, 0.2) is 36.0 Å². The minimum Gasteiger partial charge on any atom is -0.309 e. The van der Waals surface area contributed by atoms with Gasteiger partial charge in [0, 0.05) is 23.3 Å². The second-order valence-electron chi connectivity index (χ2n) is 4.25. The molecular weight excluding hydrogens is 228 g/mol. The number of nitrogens with one attached hydrogen (secondary N) is 1. The molecule has 0 radical (unpaired) electrons. The molecule has 90 valence electrons. The van der Waals surface area contributed by atoms with E-state index in [1.165, 1.54) is 16.0 Å². The molecule has 0 aromatic carbocycles. The van der Waals surface area contributed by atoms with Gasteiger partial charge in [0.1, 0.15) is 0 Å². The zero-order valence-electron chi connectivity index (χ0n) is 10.3. The standard InChI is InChI=1S/C14H18N2S/c1-11-6-10-17-14(11)12(2)16-9-5-13-3-7-15-8-4-13/h3-4,6-8,10,12,16H,5,9H2,1-2H3. The third-order valence-corrected chi connectivity index (χ3v) is 4.11. The highest BCUT2D eigenvalue weighted by molar-refractivity contribution is 7.10. The van der Waals surface area contributed by atoms with E-state index < -0.39 is 0 Å². The summed E-state index contributed by atoms with van der Waals surface area (Å²) in [5, 5.41) is 5.72. The van der Waals surface area contributed by atoms with Crippen molar-refractivity contribution in [2.24, 2.45) is 0 Å². The van der Waals surface area contributed by atoms with E-state index >= 15 is 0 Å². The van der Waals surface area contributed by atoms with Gasteiger partial charge in [0.25, 0.3) is 0 Å². The van der Waals surface area contributed by atoms with E-state index in [4.69, 9.17) is 0 Å². The van der Waals surface area contributed by atoms with Gasteiger partial charge in [-0.3, -0.25) is 4.98 Å². The van der Waals surface area contributed by atoms with Gasteiger partial charge in [-0.1, -0.05) is 0 Å². The number of nitrogens with zero attached hydrogens (tertiary/aromatic N) is 1. The van der Waals surface area contributed by atoms with Crippen molar-refractivity contribution in [1.82, 2.24) is 10.3 Å². The van der Waals surface area contributed by atoms with E-state index in [2.05, 4.69) is 47.7 Å². The molecule has 3 heteroatoms. The summed E-state index contributed by atoms with van der Waals surface area (Å²) in [4.78, 5) is 5.47. The lowest BCUT2D eigenvalue weighted by atomic mass is 10.1. The molecule has 0 amide bonds. The van der Waals surface area contributed by atoms with Gasteiger partial charge in [-0.2, -0.15) is 0 Å². The number of hydrogen-bond acceptors (Lipinski definition) is 3. The topological polar surface area (TPSA) is 24.9 Å². The van der Waals surface area contributed by atoms with Gasteiger partial charge in [0.15, 0.2) is 0 Å². The van der Waals surface area contributed by atoms with Crippen LogP contribution in [-0.2, 0) is 6.42 Å². The van der Waals surface area contributed by atoms with Crippen molar-refractivity contribution in [3.8, 4) is 0 Å². The van der Waals surface area contributed by atoms with E-state index in [0.29, 0.717) is 6.04 Å². The summed E-state index contributed by atoms with van der Waals surface area (Å²) in [5.74, 6) is 0. The van der Waals surface area contributed by atoms with Crippen LogP contribution in [0.5, 0.6) is 0 Å². The number of rotatable bonds is 5. The van der Waals surface area contributed by atoms with Crippen LogP contribution < -0.4 is 5.32 Å². The normalized spacial score (nSPS) is 12.6. The van der Waals surface area contributed by atoms with Crippen molar-refractivity contribution < 1.29 is 0 Å². The highest BCUT2D eigenvalue weighted by Crippen LogP contribution is 2.23. The molecule has 1 N–H and O–H groups in total. The van der Waals surface area contributed by atoms with Crippen molar-refractivity contribution in [2.45, 2.75) is 26.3 Å². The maximum absolute atomic E-state index is 4.02. The number of aromatic nitrogens is 1. The lowest BCUT2D eigenvalue weighted by Crippen LogP contribution is -2.21. The molecule has 0 saturated carbocycles. The average Bonchev–Trinajstić information content (AvgIpc) is 2.77. The lowest BCUT2D eigenvalue weighted by Gasteiger charge is -2.13. The van der Waals surface area contributed by atoms with E-state index in [9.17, 15) is 0 Å². The minimum atomic E-state index is 0.442. The van der Waals surface area contributed by atoms with E-state index in [0.717, 1.165) is 13.0 Å². The second kappa shape index (κ2) is 5.94. The summed E-state index contributed by atoms with van der Waals surface area (Å²) in [6.45, 7) is 5.40. The Hall–Kier alpha value is -1.19. The summed E-state index contributed by atoms with van der Waals surface area (Å²) in [5.41, 5.74) is 2.72. The van der Waals surface area contributed by atoms with Crippen molar-refractivity contribution in [3.05, 3.63) is 52.0 Å². The number of aryl methyl sites for hydroxylation is 1. The Kier molecular flexibility index (Phi) is 4.29. The van der Waals surface area contributed by atoms with Crippen LogP contribution in [0.2, 0.25) is 0 Å². The predicted molar refractivity (Wildman–Crippen MR) is 73.4 cm³/mol. The maximum Gasteiger partial charge on any atom is 0.0388 e. The Labute approximate surface area is 107 Å². The van der Waals surface area contributed by atoms with Crippen molar-refractivity contribution >= 4 is 11.3 Å². The van der Waals surface area contributed by atoms with Crippen molar-refractivity contribution in [1.29, 1.82) is 0 Å². The third kappa shape index (κ3) is 3.38. The quantitative estimate of drug-likeness (QED) is 0.875. The van der Waals surface area contributed by atoms with Crippen LogP contribution in [0.25, 0.3) is 0 Å². The molecule has 0 aliphatic rings. The van der Waals surface area contributed by atoms with E-state index in [1.807, 2.05) is 23.7 Å². The fraction of sp³-hybridized carbons (Fsp3) is 0.357. The molecule has 1 atom stereocenters. The third-order valence-electron chi connectivity index (χ3n) is 2.91. The van der Waals surface area contributed by atoms with Crippen LogP contribution >= 0.6 is 11.3 Å². The molecule has 0 bridgehead atoms. The lowest BCUT2D eigenvalue weighted by molar-refractivity contribution is 0.582. The van der Waals surface area contributed by atoms with E-state index in [1.54, 1.807) is 0 Å². The number of hydrogen-bond donors (Lipinski definition) is 1. The summed E-state index contributed by atoms with van der Waals surface area (Å²) in [7, 11) is 0. The first-order valence-corrected chi connectivity index (χ1v) is 6.81. The van der Waals surface area contributed by atoms with Crippen LogP contribution in [0.1, 0.15) is 29.0 Å². The molecule has 1 unspecified atom stereocenters. The van der Waals surface area contributed by atoms with Crippen molar-refractivity contribution in [2.75, 3.05) is 6.54 Å². The van der Waals surface area contributed by atoms with Gasteiger partial charge >= 0.3 is 0 Å². The molecule has 0 fully saturated rings. The van der Waals surface area contributed by atoms with Gasteiger partial charge in [0.2, 0.25) is 0 Å². The molecular formula is C14H18N2S. The highest BCUT2D eigenvalue weighted by atomic mass is 32.1. The summed E-state index contributed by atoms with van der Waals surface area (Å²) in [6, 6.07) is 6.77. The van der Waals surface area contributed by atoms with Gasteiger partial charge in [-0.05, 0) is 61.5 Å². The maximum atomic E-state index is 4.02. The van der Waals surface area contributed by atoms with Crippen molar-refractivity contribution in [3.63, 3.8) is 0 Å². The molecule has 2 rings (SSSR count). The molecule has 2 aromatic rings. The first kappa shape index (κ1) is 12.3. The zero-order valence-corrected chi connectivity index (χ0v) is 11.1. The Balaban J connectivity index is 1.81. The molecule has 0 aliphatic heterocycles. The Morgan fingerprint density at radius 1 is 1.29 bits per heavy atom. The fourth-order valence-electron chi connectivity index (χ4n) is 1.90. The summed E-state index contributed by atoms with van der Waals surface area (Å²) >= 11 is 1.83. The first-order chi connectivity index (χ1) is 8.27. The molecule has 0 aliphatic carbocycles. The smallest absolute Gasteiger partial charge is 0.0388 e. The van der Waals surface area contributed by atoms with Crippen LogP contribution in [0.4, 0.5) is 0 Å².